The summed E-state index contributed by atoms with van der Waals surface area (Å²) in [6, 6.07) is 16.7. The Morgan fingerprint density at radius 1 is 0.968 bits per heavy atom. The third-order valence-electron chi connectivity index (χ3n) is 4.72. The molecule has 31 heavy (non-hydrogen) atoms. The molecule has 0 bridgehead atoms. The minimum absolute atomic E-state index is 0.00420. The first-order valence-electron chi connectivity index (χ1n) is 9.89. The predicted molar refractivity (Wildman–Crippen MR) is 109 cm³/mol. The van der Waals surface area contributed by atoms with E-state index in [2.05, 4.69) is 0 Å². The van der Waals surface area contributed by atoms with Gasteiger partial charge in [0.2, 0.25) is 0 Å². The summed E-state index contributed by atoms with van der Waals surface area (Å²) in [6.07, 6.45) is -2.16. The number of hydrogen-bond acceptors (Lipinski definition) is 8. The number of carbonyl (C=O) groups is 2. The SMILES string of the molecule is CC(C)(O)OC1CC(O)C(COC(=O)c2ccccc2)(COC(=O)c2ccccc2)O1. The summed E-state index contributed by atoms with van der Waals surface area (Å²) in [5, 5.41) is 20.6. The highest BCUT2D eigenvalue weighted by Crippen LogP contribution is 2.34. The largest absolute Gasteiger partial charge is 0.459 e. The zero-order valence-corrected chi connectivity index (χ0v) is 17.4. The molecule has 1 saturated heterocycles. The summed E-state index contributed by atoms with van der Waals surface area (Å²) in [6.45, 7) is 2.09. The van der Waals surface area contributed by atoms with Crippen molar-refractivity contribution in [2.45, 2.75) is 44.1 Å². The molecule has 2 unspecified atom stereocenters. The molecular formula is C23H26O8. The van der Waals surface area contributed by atoms with Crippen LogP contribution >= 0.6 is 0 Å². The average Bonchev–Trinajstić information content (AvgIpc) is 3.05. The Kier molecular flexibility index (Phi) is 7.07. The third kappa shape index (κ3) is 6.11. The smallest absolute Gasteiger partial charge is 0.338 e. The standard InChI is InChI=1S/C23H26O8/c1-22(2,27)30-19-13-18(24)23(31-19,14-28-20(25)16-9-5-3-6-10-16)15-29-21(26)17-11-7-4-8-12-17/h3-12,18-19,24,27H,13-15H2,1-2H3. The van der Waals surface area contributed by atoms with Crippen molar-refractivity contribution in [1.82, 2.24) is 0 Å². The molecule has 0 spiro atoms. The van der Waals surface area contributed by atoms with Crippen LogP contribution in [-0.2, 0) is 18.9 Å². The van der Waals surface area contributed by atoms with Crippen LogP contribution in [0.25, 0.3) is 0 Å². The number of carbonyl (C=O) groups excluding carboxylic acids is 2. The number of aliphatic hydroxyl groups is 2. The van der Waals surface area contributed by atoms with E-state index in [4.69, 9.17) is 18.9 Å². The molecule has 2 aromatic rings. The zero-order valence-electron chi connectivity index (χ0n) is 17.4. The minimum atomic E-state index is -1.55. The molecule has 1 heterocycles. The number of benzene rings is 2. The number of rotatable bonds is 8. The van der Waals surface area contributed by atoms with Crippen molar-refractivity contribution < 1.29 is 38.7 Å². The van der Waals surface area contributed by atoms with Gasteiger partial charge in [0.15, 0.2) is 17.7 Å². The molecule has 8 nitrogen and oxygen atoms in total. The van der Waals surface area contributed by atoms with E-state index in [-0.39, 0.29) is 19.6 Å². The summed E-state index contributed by atoms with van der Waals surface area (Å²) in [5.41, 5.74) is -0.892. The van der Waals surface area contributed by atoms with Crippen molar-refractivity contribution in [3.8, 4) is 0 Å². The van der Waals surface area contributed by atoms with Gasteiger partial charge in [-0.15, -0.1) is 0 Å². The van der Waals surface area contributed by atoms with Gasteiger partial charge in [0.05, 0.1) is 17.2 Å². The van der Waals surface area contributed by atoms with Crippen LogP contribution < -0.4 is 0 Å². The van der Waals surface area contributed by atoms with Crippen molar-refractivity contribution in [1.29, 1.82) is 0 Å². The van der Waals surface area contributed by atoms with Crippen LogP contribution in [0.1, 0.15) is 41.0 Å². The van der Waals surface area contributed by atoms with Crippen molar-refractivity contribution in [2.24, 2.45) is 0 Å². The van der Waals surface area contributed by atoms with E-state index in [0.717, 1.165) is 0 Å². The van der Waals surface area contributed by atoms with Crippen LogP contribution in [0.2, 0.25) is 0 Å². The third-order valence-corrected chi connectivity index (χ3v) is 4.72. The van der Waals surface area contributed by atoms with Gasteiger partial charge in [0.1, 0.15) is 13.2 Å². The van der Waals surface area contributed by atoms with Gasteiger partial charge in [0, 0.05) is 6.42 Å². The second-order valence-electron chi connectivity index (χ2n) is 7.81. The molecule has 8 heteroatoms. The normalized spacial score (nSPS) is 20.3. The molecule has 1 aliphatic heterocycles. The highest BCUT2D eigenvalue weighted by Gasteiger charge is 2.52. The Morgan fingerprint density at radius 2 is 1.42 bits per heavy atom. The highest BCUT2D eigenvalue weighted by atomic mass is 16.8. The van der Waals surface area contributed by atoms with Gasteiger partial charge < -0.3 is 29.2 Å². The van der Waals surface area contributed by atoms with Gasteiger partial charge >= 0.3 is 11.9 Å². The lowest BCUT2D eigenvalue weighted by Gasteiger charge is -2.31. The molecule has 0 saturated carbocycles. The maximum atomic E-state index is 12.4. The number of hydrogen-bond donors (Lipinski definition) is 2. The summed E-state index contributed by atoms with van der Waals surface area (Å²) in [5.74, 6) is -2.74. The zero-order chi connectivity index (χ0) is 22.5. The fraction of sp³-hybridized carbons (Fsp3) is 0.391. The number of aliphatic hydroxyl groups excluding tert-OH is 1. The molecule has 2 atom stereocenters. The van der Waals surface area contributed by atoms with Gasteiger partial charge in [-0.25, -0.2) is 9.59 Å². The van der Waals surface area contributed by atoms with E-state index in [1.165, 1.54) is 13.8 Å². The Bertz CT molecular complexity index is 820. The average molecular weight is 430 g/mol. The first-order chi connectivity index (χ1) is 14.7. The molecule has 0 radical (unpaired) electrons. The molecule has 3 rings (SSSR count). The molecular weight excluding hydrogens is 404 g/mol. The first kappa shape index (κ1) is 22.9. The van der Waals surface area contributed by atoms with Gasteiger partial charge in [-0.1, -0.05) is 36.4 Å². The van der Waals surface area contributed by atoms with Crippen molar-refractivity contribution in [3.05, 3.63) is 71.8 Å². The van der Waals surface area contributed by atoms with Gasteiger partial charge in [-0.3, -0.25) is 0 Å². The van der Waals surface area contributed by atoms with Gasteiger partial charge in [-0.2, -0.15) is 0 Å². The van der Waals surface area contributed by atoms with Crippen LogP contribution in [0.3, 0.4) is 0 Å². The molecule has 2 N–H and O–H groups in total. The summed E-state index contributed by atoms with van der Waals surface area (Å²) < 4.78 is 22.0. The molecule has 0 aromatic heterocycles. The van der Waals surface area contributed by atoms with Crippen molar-refractivity contribution in [3.63, 3.8) is 0 Å². The van der Waals surface area contributed by atoms with E-state index in [1.807, 2.05) is 0 Å². The maximum absolute atomic E-state index is 12.4. The predicted octanol–water partition coefficient (Wildman–Crippen LogP) is 2.29. The minimum Gasteiger partial charge on any atom is -0.459 e. The van der Waals surface area contributed by atoms with Crippen LogP contribution in [0, 0.1) is 0 Å². The lowest BCUT2D eigenvalue weighted by atomic mass is 9.98. The molecule has 0 aliphatic carbocycles. The Labute approximate surface area is 180 Å². The summed E-state index contributed by atoms with van der Waals surface area (Å²) in [7, 11) is 0. The van der Waals surface area contributed by atoms with E-state index in [0.29, 0.717) is 11.1 Å². The van der Waals surface area contributed by atoms with Gasteiger partial charge in [0.25, 0.3) is 0 Å². The van der Waals surface area contributed by atoms with E-state index in [1.54, 1.807) is 60.7 Å². The van der Waals surface area contributed by atoms with Crippen LogP contribution in [-0.4, -0.2) is 59.1 Å². The number of esters is 2. The maximum Gasteiger partial charge on any atom is 0.338 e. The Morgan fingerprint density at radius 3 is 1.84 bits per heavy atom. The van der Waals surface area contributed by atoms with E-state index < -0.39 is 35.7 Å². The highest BCUT2D eigenvalue weighted by molar-refractivity contribution is 5.89. The quantitative estimate of drug-likeness (QED) is 0.485. The van der Waals surface area contributed by atoms with E-state index >= 15 is 0 Å². The number of ether oxygens (including phenoxy) is 4. The molecule has 166 valence electrons. The van der Waals surface area contributed by atoms with Gasteiger partial charge in [-0.05, 0) is 38.1 Å². The van der Waals surface area contributed by atoms with Crippen LogP contribution in [0.4, 0.5) is 0 Å². The Hall–Kier alpha value is -2.78. The second-order valence-corrected chi connectivity index (χ2v) is 7.81. The topological polar surface area (TPSA) is 112 Å². The molecule has 0 amide bonds. The molecule has 1 aliphatic rings. The fourth-order valence-electron chi connectivity index (χ4n) is 3.17. The molecule has 2 aromatic carbocycles. The molecule has 1 fully saturated rings. The summed E-state index contributed by atoms with van der Waals surface area (Å²) in [4.78, 5) is 24.8. The van der Waals surface area contributed by atoms with Crippen LogP contribution in [0.15, 0.2) is 60.7 Å². The second kappa shape index (κ2) is 9.57. The van der Waals surface area contributed by atoms with Crippen molar-refractivity contribution in [2.75, 3.05) is 13.2 Å². The fourth-order valence-corrected chi connectivity index (χ4v) is 3.17. The first-order valence-corrected chi connectivity index (χ1v) is 9.89. The lowest BCUT2D eigenvalue weighted by molar-refractivity contribution is -0.287. The van der Waals surface area contributed by atoms with E-state index in [9.17, 15) is 19.8 Å². The summed E-state index contributed by atoms with van der Waals surface area (Å²) >= 11 is 0. The van der Waals surface area contributed by atoms with Crippen LogP contribution in [0.5, 0.6) is 0 Å². The van der Waals surface area contributed by atoms with Crippen molar-refractivity contribution >= 4 is 11.9 Å². The Balaban J connectivity index is 1.73. The monoisotopic (exact) mass is 430 g/mol. The lowest BCUT2D eigenvalue weighted by Crippen LogP contribution is -2.49.